The summed E-state index contributed by atoms with van der Waals surface area (Å²) in [5, 5.41) is 7.91. The van der Waals surface area contributed by atoms with E-state index in [9.17, 15) is 4.79 Å². The van der Waals surface area contributed by atoms with Crippen LogP contribution in [-0.2, 0) is 4.79 Å². The molecule has 0 bridgehead atoms. The Morgan fingerprint density at radius 3 is 2.88 bits per heavy atom. The molecule has 0 fully saturated rings. The van der Waals surface area contributed by atoms with Gasteiger partial charge in [0.1, 0.15) is 0 Å². The fraction of sp³-hybridized carbons (Fsp3) is 0.158. The first-order valence-electron chi connectivity index (χ1n) is 7.83. The minimum Gasteiger partial charge on any atom is -0.361 e. The highest BCUT2D eigenvalue weighted by Gasteiger charge is 2.32. The summed E-state index contributed by atoms with van der Waals surface area (Å²) in [7, 11) is 0. The fourth-order valence-corrected chi connectivity index (χ4v) is 3.44. The number of halogens is 1. The molecule has 4 nitrogen and oxygen atoms in total. The number of hydrazone groups is 1. The summed E-state index contributed by atoms with van der Waals surface area (Å²) >= 11 is 6.30. The van der Waals surface area contributed by atoms with Crippen LogP contribution in [0.2, 0.25) is 5.02 Å². The average Bonchev–Trinajstić information content (AvgIpc) is 3.21. The lowest BCUT2D eigenvalue weighted by molar-refractivity contribution is -0.130. The van der Waals surface area contributed by atoms with E-state index < -0.39 is 0 Å². The monoisotopic (exact) mass is 337 g/mol. The van der Waals surface area contributed by atoms with E-state index >= 15 is 0 Å². The SMILES string of the molecule is CC(=O)N1N=C(c2ccccc2Cl)CC1c1ccc2cc[nH]c2c1. The van der Waals surface area contributed by atoms with Crippen LogP contribution in [0.4, 0.5) is 0 Å². The van der Waals surface area contributed by atoms with E-state index in [4.69, 9.17) is 11.6 Å². The number of fused-ring (bicyclic) bond motifs is 1. The van der Waals surface area contributed by atoms with E-state index in [1.807, 2.05) is 36.5 Å². The van der Waals surface area contributed by atoms with Gasteiger partial charge >= 0.3 is 0 Å². The van der Waals surface area contributed by atoms with Crippen LogP contribution in [0.5, 0.6) is 0 Å². The minimum absolute atomic E-state index is 0.0753. The van der Waals surface area contributed by atoms with Gasteiger partial charge in [0.15, 0.2) is 0 Å². The van der Waals surface area contributed by atoms with Gasteiger partial charge in [-0.3, -0.25) is 4.79 Å². The quantitative estimate of drug-likeness (QED) is 0.734. The maximum Gasteiger partial charge on any atom is 0.240 e. The van der Waals surface area contributed by atoms with Crippen LogP contribution >= 0.6 is 11.6 Å². The number of aromatic nitrogens is 1. The molecule has 1 aliphatic rings. The van der Waals surface area contributed by atoms with Gasteiger partial charge < -0.3 is 4.98 Å². The highest BCUT2D eigenvalue weighted by Crippen LogP contribution is 2.35. The predicted octanol–water partition coefficient (Wildman–Crippen LogP) is 4.52. The molecule has 1 aliphatic heterocycles. The first-order chi connectivity index (χ1) is 11.6. The van der Waals surface area contributed by atoms with Crippen LogP contribution in [0.3, 0.4) is 0 Å². The van der Waals surface area contributed by atoms with Gasteiger partial charge in [-0.1, -0.05) is 41.9 Å². The molecule has 0 spiro atoms. The molecule has 5 heteroatoms. The number of benzene rings is 2. The predicted molar refractivity (Wildman–Crippen MR) is 96.2 cm³/mol. The van der Waals surface area contributed by atoms with Gasteiger partial charge in [-0.05, 0) is 29.1 Å². The van der Waals surface area contributed by atoms with Crippen LogP contribution in [0.1, 0.15) is 30.5 Å². The molecule has 2 aromatic carbocycles. The molecule has 2 heterocycles. The molecular formula is C19H16ClN3O. The molecule has 120 valence electrons. The second kappa shape index (κ2) is 5.80. The van der Waals surface area contributed by atoms with Crippen molar-refractivity contribution in [3.63, 3.8) is 0 Å². The van der Waals surface area contributed by atoms with Gasteiger partial charge in [0.05, 0.1) is 11.8 Å². The lowest BCUT2D eigenvalue weighted by Gasteiger charge is -2.20. The fourth-order valence-electron chi connectivity index (χ4n) is 3.19. The number of rotatable bonds is 2. The highest BCUT2D eigenvalue weighted by atomic mass is 35.5. The molecule has 0 aliphatic carbocycles. The number of nitrogens with one attached hydrogen (secondary N) is 1. The number of nitrogens with zero attached hydrogens (tertiary/aromatic N) is 2. The Balaban J connectivity index is 1.74. The van der Waals surface area contributed by atoms with Crippen molar-refractivity contribution in [3.8, 4) is 0 Å². The summed E-state index contributed by atoms with van der Waals surface area (Å²) < 4.78 is 0. The van der Waals surface area contributed by atoms with Gasteiger partial charge in [0, 0.05) is 35.6 Å². The molecule has 1 amide bonds. The molecular weight excluding hydrogens is 322 g/mol. The topological polar surface area (TPSA) is 48.5 Å². The standard InChI is InChI=1S/C19H16ClN3O/c1-12(24)23-19(14-7-6-13-8-9-21-17(13)10-14)11-18(22-23)15-4-2-3-5-16(15)20/h2-10,19,21H,11H2,1H3. The third-order valence-corrected chi connectivity index (χ3v) is 4.71. The molecule has 3 aromatic rings. The van der Waals surface area contributed by atoms with Crippen LogP contribution in [0.25, 0.3) is 10.9 Å². The van der Waals surface area contributed by atoms with Crippen LogP contribution in [0, 0.1) is 0 Å². The maximum atomic E-state index is 12.1. The van der Waals surface area contributed by atoms with Gasteiger partial charge in [0.25, 0.3) is 0 Å². The maximum absolute atomic E-state index is 12.1. The van der Waals surface area contributed by atoms with Gasteiger partial charge in [0.2, 0.25) is 5.91 Å². The smallest absolute Gasteiger partial charge is 0.240 e. The Kier molecular flexibility index (Phi) is 3.62. The second-order valence-electron chi connectivity index (χ2n) is 5.93. The molecule has 1 unspecified atom stereocenters. The third-order valence-electron chi connectivity index (χ3n) is 4.38. The normalized spacial score (nSPS) is 17.3. The number of amides is 1. The first kappa shape index (κ1) is 15.0. The summed E-state index contributed by atoms with van der Waals surface area (Å²) in [6.07, 6.45) is 2.56. The van der Waals surface area contributed by atoms with E-state index in [-0.39, 0.29) is 11.9 Å². The zero-order chi connectivity index (χ0) is 16.7. The number of hydrogen-bond donors (Lipinski definition) is 1. The van der Waals surface area contributed by atoms with Crippen molar-refractivity contribution in [2.24, 2.45) is 5.10 Å². The summed E-state index contributed by atoms with van der Waals surface area (Å²) in [6, 6.07) is 15.7. The second-order valence-corrected chi connectivity index (χ2v) is 6.34. The minimum atomic E-state index is -0.110. The van der Waals surface area contributed by atoms with E-state index in [2.05, 4.69) is 28.3 Å². The van der Waals surface area contributed by atoms with Crippen molar-refractivity contribution in [1.82, 2.24) is 9.99 Å². The average molecular weight is 338 g/mol. The van der Waals surface area contributed by atoms with Gasteiger partial charge in [-0.15, -0.1) is 0 Å². The molecule has 4 rings (SSSR count). The van der Waals surface area contributed by atoms with E-state index in [1.165, 1.54) is 0 Å². The van der Waals surface area contributed by atoms with Crippen molar-refractivity contribution in [2.45, 2.75) is 19.4 Å². The van der Waals surface area contributed by atoms with Crippen LogP contribution < -0.4 is 0 Å². The lowest BCUT2D eigenvalue weighted by Crippen LogP contribution is -2.24. The molecule has 0 saturated carbocycles. The zero-order valence-electron chi connectivity index (χ0n) is 13.2. The van der Waals surface area contributed by atoms with E-state index in [0.29, 0.717) is 11.4 Å². The number of aromatic amines is 1. The summed E-state index contributed by atoms with van der Waals surface area (Å²) in [5.74, 6) is -0.0753. The number of hydrogen-bond acceptors (Lipinski definition) is 2. The Labute approximate surface area is 144 Å². The first-order valence-corrected chi connectivity index (χ1v) is 8.20. The van der Waals surface area contributed by atoms with Crippen molar-refractivity contribution in [1.29, 1.82) is 0 Å². The molecule has 24 heavy (non-hydrogen) atoms. The van der Waals surface area contributed by atoms with E-state index in [1.54, 1.807) is 11.9 Å². The molecule has 1 N–H and O–H groups in total. The molecule has 0 saturated heterocycles. The Morgan fingerprint density at radius 2 is 2.08 bits per heavy atom. The molecule has 0 radical (unpaired) electrons. The van der Waals surface area contributed by atoms with Crippen molar-refractivity contribution in [3.05, 3.63) is 70.9 Å². The van der Waals surface area contributed by atoms with Gasteiger partial charge in [-0.2, -0.15) is 5.10 Å². The lowest BCUT2D eigenvalue weighted by atomic mass is 9.97. The zero-order valence-corrected chi connectivity index (χ0v) is 13.9. The Bertz CT molecular complexity index is 960. The van der Waals surface area contributed by atoms with Crippen molar-refractivity contribution >= 4 is 34.1 Å². The summed E-state index contributed by atoms with van der Waals surface area (Å²) in [5.41, 5.74) is 3.84. The highest BCUT2D eigenvalue weighted by molar-refractivity contribution is 6.34. The Morgan fingerprint density at radius 1 is 1.25 bits per heavy atom. The summed E-state index contributed by atoms with van der Waals surface area (Å²) in [4.78, 5) is 15.3. The van der Waals surface area contributed by atoms with E-state index in [0.717, 1.165) is 27.7 Å². The summed E-state index contributed by atoms with van der Waals surface area (Å²) in [6.45, 7) is 1.54. The number of carbonyl (C=O) groups is 1. The van der Waals surface area contributed by atoms with Crippen molar-refractivity contribution in [2.75, 3.05) is 0 Å². The van der Waals surface area contributed by atoms with Crippen LogP contribution in [0.15, 0.2) is 59.8 Å². The number of carbonyl (C=O) groups excluding carboxylic acids is 1. The molecule has 1 aromatic heterocycles. The van der Waals surface area contributed by atoms with Gasteiger partial charge in [-0.25, -0.2) is 5.01 Å². The van der Waals surface area contributed by atoms with Crippen LogP contribution in [-0.4, -0.2) is 21.6 Å². The Hall–Kier alpha value is -2.59. The largest absolute Gasteiger partial charge is 0.361 e. The molecule has 1 atom stereocenters. The third kappa shape index (κ3) is 2.49. The van der Waals surface area contributed by atoms with Crippen molar-refractivity contribution < 1.29 is 4.79 Å². The number of H-pyrrole nitrogens is 1.